The van der Waals surface area contributed by atoms with Gasteiger partial charge in [-0.1, -0.05) is 0 Å². The number of nitrogens with two attached hydrogens (primary N) is 1. The van der Waals surface area contributed by atoms with Gasteiger partial charge in [-0.25, -0.2) is 4.98 Å². The fourth-order valence-electron chi connectivity index (χ4n) is 0.609. The van der Waals surface area contributed by atoms with Gasteiger partial charge in [0.25, 0.3) is 0 Å². The molecule has 8 heavy (non-hydrogen) atoms. The molecule has 0 radical (unpaired) electrons. The molecular formula is C6H9N2+. The molecule has 0 fully saturated rings. The molecule has 0 aliphatic carbocycles. The molecule has 1 aromatic heterocycles. The maximum absolute atomic E-state index is 5.44. The van der Waals surface area contributed by atoms with Crippen molar-refractivity contribution >= 4 is 5.69 Å². The van der Waals surface area contributed by atoms with E-state index >= 15 is 0 Å². The molecule has 0 aliphatic heterocycles. The van der Waals surface area contributed by atoms with E-state index in [2.05, 4.69) is 4.98 Å². The van der Waals surface area contributed by atoms with Gasteiger partial charge in [-0.15, -0.1) is 0 Å². The molecule has 0 saturated heterocycles. The van der Waals surface area contributed by atoms with Crippen LogP contribution in [-0.2, 0) is 0 Å². The van der Waals surface area contributed by atoms with Crippen LogP contribution >= 0.6 is 0 Å². The Morgan fingerprint density at radius 2 is 2.38 bits per heavy atom. The summed E-state index contributed by atoms with van der Waals surface area (Å²) in [6.07, 6.45) is 1.82. The number of H-pyrrole nitrogens is 1. The van der Waals surface area contributed by atoms with E-state index in [0.717, 1.165) is 11.4 Å². The number of nitrogens with one attached hydrogen (secondary N) is 1. The Morgan fingerprint density at radius 3 is 2.75 bits per heavy atom. The minimum Gasteiger partial charge on any atom is -0.398 e. The molecule has 0 atom stereocenters. The fourth-order valence-corrected chi connectivity index (χ4v) is 0.609. The van der Waals surface area contributed by atoms with E-state index in [4.69, 9.17) is 5.73 Å². The molecule has 0 aromatic carbocycles. The van der Waals surface area contributed by atoms with Crippen LogP contribution in [0.5, 0.6) is 0 Å². The van der Waals surface area contributed by atoms with Crippen LogP contribution in [0.1, 0.15) is 5.69 Å². The summed E-state index contributed by atoms with van der Waals surface area (Å²) < 4.78 is 0. The standard InChI is InChI=1S/C6H8N2/c1-5-4-6(7)2-3-8-5/h2-4H,1H3,(H2,7,8)/p+1. The third-order valence-corrected chi connectivity index (χ3v) is 0.970. The smallest absolute Gasteiger partial charge is 0.178 e. The van der Waals surface area contributed by atoms with Crippen molar-refractivity contribution < 1.29 is 4.98 Å². The Morgan fingerprint density at radius 1 is 1.62 bits per heavy atom. The molecule has 0 bridgehead atoms. The van der Waals surface area contributed by atoms with Gasteiger partial charge in [0, 0.05) is 24.7 Å². The first-order chi connectivity index (χ1) is 3.79. The van der Waals surface area contributed by atoms with Crippen LogP contribution in [0, 0.1) is 6.92 Å². The van der Waals surface area contributed by atoms with E-state index in [9.17, 15) is 0 Å². The van der Waals surface area contributed by atoms with E-state index in [1.165, 1.54) is 0 Å². The molecule has 42 valence electrons. The van der Waals surface area contributed by atoms with Crippen molar-refractivity contribution in [3.63, 3.8) is 0 Å². The first kappa shape index (κ1) is 5.09. The SMILES string of the molecule is Cc1cc(N)cc[nH+]1. The Balaban J connectivity index is 3.08. The van der Waals surface area contributed by atoms with Crippen LogP contribution in [0.4, 0.5) is 5.69 Å². The highest BCUT2D eigenvalue weighted by Gasteiger charge is 1.89. The van der Waals surface area contributed by atoms with E-state index in [-0.39, 0.29) is 0 Å². The Kier molecular flexibility index (Phi) is 1.16. The summed E-state index contributed by atoms with van der Waals surface area (Å²) in [5, 5.41) is 0. The zero-order chi connectivity index (χ0) is 5.98. The van der Waals surface area contributed by atoms with Crippen LogP contribution in [0.15, 0.2) is 18.3 Å². The summed E-state index contributed by atoms with van der Waals surface area (Å²) in [6, 6.07) is 3.72. The number of anilines is 1. The van der Waals surface area contributed by atoms with Crippen molar-refractivity contribution in [2.24, 2.45) is 0 Å². The van der Waals surface area contributed by atoms with Crippen LogP contribution < -0.4 is 10.7 Å². The van der Waals surface area contributed by atoms with E-state index in [1.807, 2.05) is 25.3 Å². The first-order valence-corrected chi connectivity index (χ1v) is 2.53. The number of rotatable bonds is 0. The van der Waals surface area contributed by atoms with Gasteiger partial charge in [-0.2, -0.15) is 0 Å². The molecule has 1 rings (SSSR count). The molecule has 0 aliphatic rings. The molecule has 2 heteroatoms. The molecule has 0 saturated carbocycles. The van der Waals surface area contributed by atoms with Crippen LogP contribution in [-0.4, -0.2) is 0 Å². The number of aromatic amines is 1. The summed E-state index contributed by atoms with van der Waals surface area (Å²) in [6.45, 7) is 1.97. The van der Waals surface area contributed by atoms with Crippen molar-refractivity contribution in [1.82, 2.24) is 0 Å². The maximum Gasteiger partial charge on any atom is 0.178 e. The summed E-state index contributed by atoms with van der Waals surface area (Å²) in [5.41, 5.74) is 7.33. The summed E-state index contributed by atoms with van der Waals surface area (Å²) in [5.74, 6) is 0. The van der Waals surface area contributed by atoms with Gasteiger partial charge in [-0.05, 0) is 0 Å². The molecule has 1 heterocycles. The highest BCUT2D eigenvalue weighted by molar-refractivity contribution is 5.34. The molecule has 3 N–H and O–H groups in total. The number of aryl methyl sites for hydroxylation is 1. The predicted octanol–water partition coefficient (Wildman–Crippen LogP) is 0.391. The third kappa shape index (κ3) is 0.964. The topological polar surface area (TPSA) is 40.2 Å². The summed E-state index contributed by atoms with van der Waals surface area (Å²) in [4.78, 5) is 2.99. The van der Waals surface area contributed by atoms with Crippen molar-refractivity contribution in [1.29, 1.82) is 0 Å². The van der Waals surface area contributed by atoms with E-state index in [1.54, 1.807) is 0 Å². The number of hydrogen-bond donors (Lipinski definition) is 1. The summed E-state index contributed by atoms with van der Waals surface area (Å²) >= 11 is 0. The molecule has 1 aromatic rings. The second-order valence-corrected chi connectivity index (χ2v) is 1.81. The van der Waals surface area contributed by atoms with Crippen LogP contribution in [0.2, 0.25) is 0 Å². The third-order valence-electron chi connectivity index (χ3n) is 0.970. The number of hydrogen-bond acceptors (Lipinski definition) is 1. The lowest BCUT2D eigenvalue weighted by Crippen LogP contribution is -2.05. The van der Waals surface area contributed by atoms with Gasteiger partial charge >= 0.3 is 0 Å². The second-order valence-electron chi connectivity index (χ2n) is 1.81. The van der Waals surface area contributed by atoms with E-state index < -0.39 is 0 Å². The van der Waals surface area contributed by atoms with Gasteiger partial charge in [0.1, 0.15) is 0 Å². The molecule has 0 unspecified atom stereocenters. The molecular weight excluding hydrogens is 100 g/mol. The average Bonchev–Trinajstić information content (AvgIpc) is 1.64. The van der Waals surface area contributed by atoms with Crippen molar-refractivity contribution in [2.75, 3.05) is 5.73 Å². The minimum absolute atomic E-state index is 0.807. The zero-order valence-electron chi connectivity index (χ0n) is 4.81. The lowest BCUT2D eigenvalue weighted by molar-refractivity contribution is -0.387. The lowest BCUT2D eigenvalue weighted by Gasteiger charge is -1.84. The van der Waals surface area contributed by atoms with Gasteiger partial charge < -0.3 is 5.73 Å². The number of aromatic nitrogens is 1. The van der Waals surface area contributed by atoms with Crippen LogP contribution in [0.25, 0.3) is 0 Å². The molecule has 0 spiro atoms. The monoisotopic (exact) mass is 109 g/mol. The molecule has 0 amide bonds. The number of nitrogen functional groups attached to an aromatic ring is 1. The fraction of sp³-hybridized carbons (Fsp3) is 0.167. The quantitative estimate of drug-likeness (QED) is 0.514. The normalized spacial score (nSPS) is 9.12. The van der Waals surface area contributed by atoms with Crippen LogP contribution in [0.3, 0.4) is 0 Å². The average molecular weight is 109 g/mol. The van der Waals surface area contributed by atoms with Gasteiger partial charge in [0.2, 0.25) is 0 Å². The minimum atomic E-state index is 0.807. The Labute approximate surface area is 48.4 Å². The largest absolute Gasteiger partial charge is 0.398 e. The van der Waals surface area contributed by atoms with E-state index in [0.29, 0.717) is 0 Å². The van der Waals surface area contributed by atoms with Gasteiger partial charge in [0.05, 0.1) is 0 Å². The Hall–Kier alpha value is -1.05. The van der Waals surface area contributed by atoms with Crippen molar-refractivity contribution in [3.8, 4) is 0 Å². The lowest BCUT2D eigenvalue weighted by atomic mass is 10.3. The summed E-state index contributed by atoms with van der Waals surface area (Å²) in [7, 11) is 0. The van der Waals surface area contributed by atoms with Crippen molar-refractivity contribution in [3.05, 3.63) is 24.0 Å². The highest BCUT2D eigenvalue weighted by Crippen LogP contribution is 1.96. The Bertz CT molecular complexity index is 166. The zero-order valence-corrected chi connectivity index (χ0v) is 4.81. The first-order valence-electron chi connectivity index (χ1n) is 2.53. The highest BCUT2D eigenvalue weighted by atomic mass is 14.7. The van der Waals surface area contributed by atoms with Crippen molar-refractivity contribution in [2.45, 2.75) is 6.92 Å². The second kappa shape index (κ2) is 1.82. The predicted molar refractivity (Wildman–Crippen MR) is 32.1 cm³/mol. The number of pyridine rings is 1. The van der Waals surface area contributed by atoms with Gasteiger partial charge in [-0.3, -0.25) is 0 Å². The van der Waals surface area contributed by atoms with Gasteiger partial charge in [0.15, 0.2) is 11.9 Å². The molecule has 2 nitrogen and oxygen atoms in total. The maximum atomic E-state index is 5.44.